The molecule has 3 heterocycles. The summed E-state index contributed by atoms with van der Waals surface area (Å²) in [4.78, 5) is 26.4. The Kier molecular flexibility index (Phi) is 4.21. The zero-order valence-electron chi connectivity index (χ0n) is 14.3. The van der Waals surface area contributed by atoms with Crippen molar-refractivity contribution in [1.82, 2.24) is 29.4 Å². The largest absolute Gasteiger partial charge is 0.346 e. The molecule has 0 radical (unpaired) electrons. The van der Waals surface area contributed by atoms with E-state index in [0.717, 1.165) is 10.4 Å². The Hall–Kier alpha value is -2.52. The highest BCUT2D eigenvalue weighted by Gasteiger charge is 2.30. The van der Waals surface area contributed by atoms with Crippen molar-refractivity contribution in [1.29, 1.82) is 0 Å². The van der Waals surface area contributed by atoms with E-state index in [0.29, 0.717) is 17.9 Å². The van der Waals surface area contributed by atoms with Crippen molar-refractivity contribution in [2.75, 3.05) is 6.54 Å². The predicted molar refractivity (Wildman–Crippen MR) is 84.5 cm³/mol. The molecule has 136 valence electrons. The summed E-state index contributed by atoms with van der Waals surface area (Å²) < 4.78 is 27.2. The number of nitrogens with zero attached hydrogens (tertiary/aromatic N) is 5. The number of nitrogens with one attached hydrogen (secondary N) is 1. The summed E-state index contributed by atoms with van der Waals surface area (Å²) in [6.45, 7) is 5.79. The Bertz CT molecular complexity index is 845. The Balaban J connectivity index is 1.85. The lowest BCUT2D eigenvalue weighted by Gasteiger charge is -2.27. The lowest BCUT2D eigenvalue weighted by atomic mass is 9.89. The molecule has 0 unspecified atom stereocenters. The van der Waals surface area contributed by atoms with E-state index in [1.54, 1.807) is 4.90 Å². The lowest BCUT2D eigenvalue weighted by Crippen LogP contribution is -2.41. The topological polar surface area (TPSA) is 88.8 Å². The fourth-order valence-corrected chi connectivity index (χ4v) is 2.91. The number of hydrogen-bond acceptors (Lipinski definition) is 4. The van der Waals surface area contributed by atoms with Gasteiger partial charge in [-0.05, 0) is 0 Å². The minimum Gasteiger partial charge on any atom is -0.329 e. The number of rotatable bonds is 3. The van der Waals surface area contributed by atoms with Gasteiger partial charge in [0.05, 0.1) is 24.0 Å². The minimum atomic E-state index is -2.66. The van der Waals surface area contributed by atoms with E-state index >= 15 is 0 Å². The van der Waals surface area contributed by atoms with Gasteiger partial charge in [-0.25, -0.2) is 18.3 Å². The Morgan fingerprint density at radius 2 is 2.08 bits per heavy atom. The molecule has 0 bridgehead atoms. The summed E-state index contributed by atoms with van der Waals surface area (Å²) in [6, 6.07) is 0. The van der Waals surface area contributed by atoms with Gasteiger partial charge in [-0.15, -0.1) is 0 Å². The van der Waals surface area contributed by atoms with Crippen LogP contribution in [-0.4, -0.2) is 48.3 Å². The quantitative estimate of drug-likeness (QED) is 0.890. The number of carbonyl (C=O) groups is 1. The number of carbonyl (C=O) groups excluding carboxylic acids is 1. The molecule has 0 saturated carbocycles. The SMILES string of the molecule is CC(C)(C)c1[nH]ncc1C(=O)N1CCn2c(nn(CC(F)F)c2=O)C1. The van der Waals surface area contributed by atoms with Gasteiger partial charge >= 0.3 is 5.69 Å². The molecule has 2 aromatic heterocycles. The third-order valence-corrected chi connectivity index (χ3v) is 4.14. The fourth-order valence-electron chi connectivity index (χ4n) is 2.91. The number of hydrogen-bond donors (Lipinski definition) is 1. The van der Waals surface area contributed by atoms with Crippen LogP contribution in [0, 0.1) is 0 Å². The highest BCUT2D eigenvalue weighted by Crippen LogP contribution is 2.25. The number of aromatic nitrogens is 5. The molecule has 0 saturated heterocycles. The molecule has 0 spiro atoms. The number of amides is 1. The van der Waals surface area contributed by atoms with Crippen molar-refractivity contribution < 1.29 is 13.6 Å². The number of H-pyrrole nitrogens is 1. The van der Waals surface area contributed by atoms with Crippen LogP contribution in [0.15, 0.2) is 11.0 Å². The Morgan fingerprint density at radius 1 is 1.36 bits per heavy atom. The fraction of sp³-hybridized carbons (Fsp3) is 0.600. The average Bonchev–Trinajstić information content (AvgIpc) is 3.11. The molecular formula is C15H20F2N6O2. The smallest absolute Gasteiger partial charge is 0.329 e. The normalized spacial score (nSPS) is 14.9. The molecule has 1 amide bonds. The summed E-state index contributed by atoms with van der Waals surface area (Å²) in [5, 5.41) is 10.8. The lowest BCUT2D eigenvalue weighted by molar-refractivity contribution is 0.0703. The van der Waals surface area contributed by atoms with Crippen molar-refractivity contribution in [2.45, 2.75) is 52.2 Å². The highest BCUT2D eigenvalue weighted by molar-refractivity contribution is 5.95. The molecule has 0 atom stereocenters. The van der Waals surface area contributed by atoms with Gasteiger partial charge in [0.2, 0.25) is 0 Å². The molecule has 3 rings (SSSR count). The van der Waals surface area contributed by atoms with Crippen LogP contribution in [0.3, 0.4) is 0 Å². The van der Waals surface area contributed by atoms with E-state index in [9.17, 15) is 18.4 Å². The zero-order valence-corrected chi connectivity index (χ0v) is 14.3. The molecule has 25 heavy (non-hydrogen) atoms. The van der Waals surface area contributed by atoms with E-state index in [2.05, 4.69) is 15.3 Å². The van der Waals surface area contributed by atoms with E-state index < -0.39 is 18.7 Å². The van der Waals surface area contributed by atoms with Crippen molar-refractivity contribution in [3.8, 4) is 0 Å². The van der Waals surface area contributed by atoms with Gasteiger partial charge in [-0.2, -0.15) is 10.2 Å². The van der Waals surface area contributed by atoms with Crippen LogP contribution in [-0.2, 0) is 25.0 Å². The summed E-state index contributed by atoms with van der Waals surface area (Å²) >= 11 is 0. The first-order valence-corrected chi connectivity index (χ1v) is 7.96. The third kappa shape index (κ3) is 3.20. The predicted octanol–water partition coefficient (Wildman–Crippen LogP) is 0.986. The number of halogens is 2. The molecule has 10 heteroatoms. The summed E-state index contributed by atoms with van der Waals surface area (Å²) in [6.07, 6.45) is -1.17. The van der Waals surface area contributed by atoms with Gasteiger partial charge in [-0.1, -0.05) is 20.8 Å². The van der Waals surface area contributed by atoms with Gasteiger partial charge < -0.3 is 4.90 Å². The summed E-state index contributed by atoms with van der Waals surface area (Å²) in [5.74, 6) is 0.0897. The van der Waals surface area contributed by atoms with Crippen molar-refractivity contribution in [3.63, 3.8) is 0 Å². The van der Waals surface area contributed by atoms with E-state index in [-0.39, 0.29) is 24.4 Å². The van der Waals surface area contributed by atoms with Crippen molar-refractivity contribution in [2.24, 2.45) is 0 Å². The second kappa shape index (κ2) is 6.08. The van der Waals surface area contributed by atoms with E-state index in [1.165, 1.54) is 10.8 Å². The van der Waals surface area contributed by atoms with Crippen LogP contribution in [0.25, 0.3) is 0 Å². The van der Waals surface area contributed by atoms with Crippen molar-refractivity contribution >= 4 is 5.91 Å². The van der Waals surface area contributed by atoms with Crippen LogP contribution < -0.4 is 5.69 Å². The third-order valence-electron chi connectivity index (χ3n) is 4.14. The van der Waals surface area contributed by atoms with Crippen LogP contribution >= 0.6 is 0 Å². The van der Waals surface area contributed by atoms with Crippen LogP contribution in [0.5, 0.6) is 0 Å². The second-order valence-electron chi connectivity index (χ2n) is 7.06. The van der Waals surface area contributed by atoms with Gasteiger partial charge in [0.15, 0.2) is 5.82 Å². The highest BCUT2D eigenvalue weighted by atomic mass is 19.3. The summed E-state index contributed by atoms with van der Waals surface area (Å²) in [7, 11) is 0. The van der Waals surface area contributed by atoms with Gasteiger partial charge in [0.1, 0.15) is 6.54 Å². The first-order valence-electron chi connectivity index (χ1n) is 7.96. The molecule has 2 aromatic rings. The number of fused-ring (bicyclic) bond motifs is 1. The maximum absolute atomic E-state index is 12.8. The molecule has 1 N–H and O–H groups in total. The van der Waals surface area contributed by atoms with Gasteiger partial charge in [0, 0.05) is 18.5 Å². The maximum Gasteiger partial charge on any atom is 0.346 e. The molecule has 0 fully saturated rings. The van der Waals surface area contributed by atoms with Crippen LogP contribution in [0.4, 0.5) is 8.78 Å². The Morgan fingerprint density at radius 3 is 2.72 bits per heavy atom. The molecule has 1 aliphatic rings. The standard InChI is InChI=1S/C15H20F2N6O2/c1-15(2,3)12-9(6-18-19-12)13(24)21-4-5-22-11(8-21)20-23(14(22)25)7-10(16)17/h6,10H,4-5,7-8H2,1-3H3,(H,18,19). The second-order valence-corrected chi connectivity index (χ2v) is 7.06. The van der Waals surface area contributed by atoms with E-state index in [4.69, 9.17) is 0 Å². The number of alkyl halides is 2. The monoisotopic (exact) mass is 354 g/mol. The van der Waals surface area contributed by atoms with Gasteiger partial charge in [0.25, 0.3) is 12.3 Å². The number of aromatic amines is 1. The Labute approximate surface area is 142 Å². The van der Waals surface area contributed by atoms with Gasteiger partial charge in [-0.3, -0.25) is 14.5 Å². The van der Waals surface area contributed by atoms with E-state index in [1.807, 2.05) is 20.8 Å². The molecule has 8 nitrogen and oxygen atoms in total. The molecular weight excluding hydrogens is 334 g/mol. The maximum atomic E-state index is 12.8. The molecule has 1 aliphatic heterocycles. The minimum absolute atomic E-state index is 0.0963. The average molecular weight is 354 g/mol. The first-order chi connectivity index (χ1) is 11.7. The molecule has 0 aliphatic carbocycles. The first kappa shape index (κ1) is 17.3. The van der Waals surface area contributed by atoms with Crippen molar-refractivity contribution in [3.05, 3.63) is 33.8 Å². The molecule has 0 aromatic carbocycles. The van der Waals surface area contributed by atoms with Crippen LogP contribution in [0.1, 0.15) is 42.6 Å². The van der Waals surface area contributed by atoms with Crippen LogP contribution in [0.2, 0.25) is 0 Å². The zero-order chi connectivity index (χ0) is 18.4. The summed E-state index contributed by atoms with van der Waals surface area (Å²) in [5.41, 5.74) is 0.346.